The van der Waals surface area contributed by atoms with Crippen molar-refractivity contribution in [2.45, 2.75) is 57.0 Å². The molecule has 1 fully saturated rings. The lowest BCUT2D eigenvalue weighted by molar-refractivity contribution is -0.210. The van der Waals surface area contributed by atoms with E-state index in [-0.39, 0.29) is 13.2 Å². The summed E-state index contributed by atoms with van der Waals surface area (Å²) in [7, 11) is 0. The second-order valence-corrected chi connectivity index (χ2v) is 4.85. The highest BCUT2D eigenvalue weighted by atomic mass is 16.6. The third kappa shape index (κ3) is 5.58. The molecular formula is C14H26O5. The van der Waals surface area contributed by atoms with Gasteiger partial charge in [0, 0.05) is 0 Å². The molecule has 19 heavy (non-hydrogen) atoms. The van der Waals surface area contributed by atoms with Crippen LogP contribution in [0.5, 0.6) is 0 Å². The third-order valence-electron chi connectivity index (χ3n) is 3.24. The van der Waals surface area contributed by atoms with Gasteiger partial charge in [0.05, 0.1) is 19.8 Å². The largest absolute Gasteiger partial charge is 0.394 e. The Bertz CT molecular complexity index is 256. The Hall–Kier alpha value is -0.460. The summed E-state index contributed by atoms with van der Waals surface area (Å²) >= 11 is 0. The molecule has 0 aliphatic carbocycles. The molecule has 1 aliphatic rings. The van der Waals surface area contributed by atoms with Gasteiger partial charge in [-0.2, -0.15) is 0 Å². The zero-order chi connectivity index (χ0) is 14.1. The van der Waals surface area contributed by atoms with E-state index in [1.165, 1.54) is 12.8 Å². The lowest BCUT2D eigenvalue weighted by Gasteiger charge is -2.37. The Kier molecular flexibility index (Phi) is 8.25. The number of hydrogen-bond acceptors (Lipinski definition) is 5. The van der Waals surface area contributed by atoms with Gasteiger partial charge in [-0.05, 0) is 12.8 Å². The Labute approximate surface area is 114 Å². The van der Waals surface area contributed by atoms with Crippen LogP contribution >= 0.6 is 0 Å². The number of unbranched alkanes of at least 4 members (excludes halogenated alkanes) is 2. The van der Waals surface area contributed by atoms with Crippen molar-refractivity contribution in [3.8, 4) is 0 Å². The highest BCUT2D eigenvalue weighted by molar-refractivity contribution is 4.88. The van der Waals surface area contributed by atoms with Crippen molar-refractivity contribution in [1.29, 1.82) is 0 Å². The minimum absolute atomic E-state index is 0.0826. The van der Waals surface area contributed by atoms with Gasteiger partial charge in [0.2, 0.25) is 0 Å². The second-order valence-electron chi connectivity index (χ2n) is 4.85. The molecule has 5 heteroatoms. The van der Waals surface area contributed by atoms with Crippen LogP contribution in [-0.2, 0) is 9.47 Å². The molecule has 1 heterocycles. The molecule has 1 rings (SSSR count). The fourth-order valence-corrected chi connectivity index (χ4v) is 2.05. The van der Waals surface area contributed by atoms with Crippen LogP contribution in [0.1, 0.15) is 32.6 Å². The lowest BCUT2D eigenvalue weighted by atomic mass is 10.0. The first-order valence-corrected chi connectivity index (χ1v) is 7.05. The van der Waals surface area contributed by atoms with Crippen LogP contribution < -0.4 is 0 Å². The van der Waals surface area contributed by atoms with Crippen molar-refractivity contribution in [1.82, 2.24) is 0 Å². The first kappa shape index (κ1) is 16.6. The number of aliphatic hydroxyl groups is 3. The number of rotatable bonds is 8. The molecule has 0 saturated carbocycles. The maximum atomic E-state index is 9.88. The van der Waals surface area contributed by atoms with E-state index in [1.54, 1.807) is 0 Å². The summed E-state index contributed by atoms with van der Waals surface area (Å²) in [6, 6.07) is 0. The predicted molar refractivity (Wildman–Crippen MR) is 71.9 cm³/mol. The average Bonchev–Trinajstić information content (AvgIpc) is 2.41. The Morgan fingerprint density at radius 1 is 1.26 bits per heavy atom. The van der Waals surface area contributed by atoms with Crippen molar-refractivity contribution in [3.05, 3.63) is 12.2 Å². The second kappa shape index (κ2) is 9.44. The minimum Gasteiger partial charge on any atom is -0.394 e. The van der Waals surface area contributed by atoms with Gasteiger partial charge in [0.25, 0.3) is 0 Å². The summed E-state index contributed by atoms with van der Waals surface area (Å²) in [5.74, 6) is 0. The van der Waals surface area contributed by atoms with Gasteiger partial charge in [-0.1, -0.05) is 31.9 Å². The molecular weight excluding hydrogens is 248 g/mol. The molecule has 0 bridgehead atoms. The van der Waals surface area contributed by atoms with Gasteiger partial charge in [0.15, 0.2) is 0 Å². The summed E-state index contributed by atoms with van der Waals surface area (Å²) in [5, 5.41) is 28.6. The monoisotopic (exact) mass is 274 g/mol. The number of ether oxygens (including phenoxy) is 2. The van der Waals surface area contributed by atoms with Gasteiger partial charge in [-0.25, -0.2) is 0 Å². The summed E-state index contributed by atoms with van der Waals surface area (Å²) in [5.41, 5.74) is 0. The maximum Gasteiger partial charge on any atom is 0.114 e. The van der Waals surface area contributed by atoms with Crippen molar-refractivity contribution in [2.24, 2.45) is 0 Å². The van der Waals surface area contributed by atoms with Crippen LogP contribution in [0, 0.1) is 0 Å². The van der Waals surface area contributed by atoms with Crippen molar-refractivity contribution < 1.29 is 24.8 Å². The van der Waals surface area contributed by atoms with Crippen LogP contribution in [-0.4, -0.2) is 59.6 Å². The van der Waals surface area contributed by atoms with Gasteiger partial charge < -0.3 is 24.8 Å². The molecule has 1 saturated heterocycles. The summed E-state index contributed by atoms with van der Waals surface area (Å²) in [6.07, 6.45) is 5.19. The first-order chi connectivity index (χ1) is 9.20. The van der Waals surface area contributed by atoms with E-state index in [9.17, 15) is 10.2 Å². The smallest absolute Gasteiger partial charge is 0.114 e. The zero-order valence-corrected chi connectivity index (χ0v) is 11.6. The van der Waals surface area contributed by atoms with Crippen LogP contribution in [0.2, 0.25) is 0 Å². The number of aliphatic hydroxyl groups excluding tert-OH is 3. The van der Waals surface area contributed by atoms with Gasteiger partial charge in [-0.3, -0.25) is 0 Å². The molecule has 112 valence electrons. The Morgan fingerprint density at radius 3 is 2.68 bits per heavy atom. The fraction of sp³-hybridized carbons (Fsp3) is 0.857. The maximum absolute atomic E-state index is 9.88. The van der Waals surface area contributed by atoms with Crippen LogP contribution in [0.25, 0.3) is 0 Å². The van der Waals surface area contributed by atoms with Crippen molar-refractivity contribution in [3.63, 3.8) is 0 Å². The molecule has 0 unspecified atom stereocenters. The molecule has 0 radical (unpaired) electrons. The van der Waals surface area contributed by atoms with E-state index < -0.39 is 24.4 Å². The van der Waals surface area contributed by atoms with E-state index in [4.69, 9.17) is 14.6 Å². The van der Waals surface area contributed by atoms with Crippen molar-refractivity contribution >= 4 is 0 Å². The average molecular weight is 274 g/mol. The topological polar surface area (TPSA) is 79.2 Å². The highest BCUT2D eigenvalue weighted by Gasteiger charge is 2.38. The van der Waals surface area contributed by atoms with E-state index in [0.29, 0.717) is 6.61 Å². The van der Waals surface area contributed by atoms with Gasteiger partial charge in [-0.15, -0.1) is 0 Å². The molecule has 3 N–H and O–H groups in total. The lowest BCUT2D eigenvalue weighted by Crippen LogP contribution is -2.55. The molecule has 0 amide bonds. The Morgan fingerprint density at radius 2 is 2.00 bits per heavy atom. The standard InChI is InChI=1S/C14H26O5/c1-2-3-4-5-6-7-8-18-14-11(16)10-19-12(9-15)13(14)17/h5-6,11-17H,2-4,7-10H2,1H3/b6-5+/t11-,12+,13+,14+/m1/s1. The first-order valence-electron chi connectivity index (χ1n) is 7.05. The molecule has 0 aromatic rings. The van der Waals surface area contributed by atoms with E-state index in [2.05, 4.69) is 19.1 Å². The van der Waals surface area contributed by atoms with Crippen LogP contribution in [0.15, 0.2) is 12.2 Å². The molecule has 5 nitrogen and oxygen atoms in total. The van der Waals surface area contributed by atoms with Gasteiger partial charge >= 0.3 is 0 Å². The van der Waals surface area contributed by atoms with Crippen LogP contribution in [0.4, 0.5) is 0 Å². The Balaban J connectivity index is 2.24. The molecule has 1 aliphatic heterocycles. The third-order valence-corrected chi connectivity index (χ3v) is 3.24. The minimum atomic E-state index is -0.988. The fourth-order valence-electron chi connectivity index (χ4n) is 2.05. The zero-order valence-electron chi connectivity index (χ0n) is 11.6. The molecule has 0 spiro atoms. The van der Waals surface area contributed by atoms with E-state index >= 15 is 0 Å². The van der Waals surface area contributed by atoms with Crippen molar-refractivity contribution in [2.75, 3.05) is 19.8 Å². The molecule has 4 atom stereocenters. The number of allylic oxidation sites excluding steroid dienone is 1. The predicted octanol–water partition coefficient (Wildman–Crippen LogP) is 0.621. The summed E-state index contributed by atoms with van der Waals surface area (Å²) < 4.78 is 10.6. The quantitative estimate of drug-likeness (QED) is 0.447. The summed E-state index contributed by atoms with van der Waals surface area (Å²) in [6.45, 7) is 2.41. The van der Waals surface area contributed by atoms with Gasteiger partial charge in [0.1, 0.15) is 24.4 Å². The summed E-state index contributed by atoms with van der Waals surface area (Å²) in [4.78, 5) is 0. The van der Waals surface area contributed by atoms with E-state index in [1.807, 2.05) is 0 Å². The molecule has 0 aromatic heterocycles. The van der Waals surface area contributed by atoms with Crippen LogP contribution in [0.3, 0.4) is 0 Å². The normalized spacial score (nSPS) is 32.0. The molecule has 0 aromatic carbocycles. The number of hydrogen-bond donors (Lipinski definition) is 3. The SMILES string of the molecule is CCCC/C=C/CCO[C@@H]1[C@@H](O)[C@H](CO)OC[C@H]1O. The van der Waals surface area contributed by atoms with E-state index in [0.717, 1.165) is 12.8 Å². The highest BCUT2D eigenvalue weighted by Crippen LogP contribution is 2.18.